The molecule has 4 saturated carbocycles. The smallest absolute Gasteiger partial charge is 0.277 e. The molecule has 4 fully saturated rings. The Morgan fingerprint density at radius 3 is 2.32 bits per heavy atom. The van der Waals surface area contributed by atoms with Crippen LogP contribution in [-0.4, -0.2) is 26.9 Å². The summed E-state index contributed by atoms with van der Waals surface area (Å²) in [4.78, 5) is 12.9. The van der Waals surface area contributed by atoms with Crippen LogP contribution in [0.25, 0.3) is 11.5 Å². The Morgan fingerprint density at radius 1 is 1.11 bits per heavy atom. The van der Waals surface area contributed by atoms with Gasteiger partial charge in [0.2, 0.25) is 11.8 Å². The lowest BCUT2D eigenvalue weighted by Gasteiger charge is -2.57. The van der Waals surface area contributed by atoms with Crippen molar-refractivity contribution < 1.29 is 9.21 Å². The topological polar surface area (TPSA) is 68.0 Å². The van der Waals surface area contributed by atoms with Crippen LogP contribution in [0.2, 0.25) is 0 Å². The minimum absolute atomic E-state index is 0.0442. The van der Waals surface area contributed by atoms with Crippen LogP contribution in [-0.2, 0) is 4.79 Å². The zero-order valence-corrected chi connectivity index (χ0v) is 17.3. The van der Waals surface area contributed by atoms with Crippen molar-refractivity contribution in [2.75, 3.05) is 0 Å². The predicted octanol–water partition coefficient (Wildman–Crippen LogP) is 4.61. The summed E-state index contributed by atoms with van der Waals surface area (Å²) in [5, 5.41) is 11.9. The zero-order chi connectivity index (χ0) is 19.3. The highest BCUT2D eigenvalue weighted by molar-refractivity contribution is 8.00. The zero-order valence-electron chi connectivity index (χ0n) is 16.5. The summed E-state index contributed by atoms with van der Waals surface area (Å²) in [5.74, 6) is 3.06. The van der Waals surface area contributed by atoms with Crippen LogP contribution in [0, 0.1) is 24.7 Å². The van der Waals surface area contributed by atoms with E-state index in [1.54, 1.807) is 0 Å². The number of hydrogen-bond acceptors (Lipinski definition) is 5. The maximum atomic E-state index is 12.9. The van der Waals surface area contributed by atoms with Gasteiger partial charge in [0.1, 0.15) is 0 Å². The molecule has 4 aliphatic carbocycles. The summed E-state index contributed by atoms with van der Waals surface area (Å²) in [5.41, 5.74) is 2.13. The molecule has 6 heteroatoms. The first-order valence-corrected chi connectivity index (χ1v) is 11.3. The highest BCUT2D eigenvalue weighted by Gasteiger charge is 2.51. The highest BCUT2D eigenvalue weighted by Crippen LogP contribution is 2.55. The minimum Gasteiger partial charge on any atom is -0.411 e. The van der Waals surface area contributed by atoms with E-state index in [-0.39, 0.29) is 16.7 Å². The van der Waals surface area contributed by atoms with Gasteiger partial charge >= 0.3 is 0 Å². The van der Waals surface area contributed by atoms with E-state index in [1.165, 1.54) is 55.9 Å². The van der Waals surface area contributed by atoms with Gasteiger partial charge in [-0.3, -0.25) is 4.79 Å². The van der Waals surface area contributed by atoms with Crippen molar-refractivity contribution in [1.29, 1.82) is 0 Å². The summed E-state index contributed by atoms with van der Waals surface area (Å²) in [6.45, 7) is 3.97. The van der Waals surface area contributed by atoms with Crippen LogP contribution in [0.5, 0.6) is 0 Å². The molecule has 1 atom stereocenters. The van der Waals surface area contributed by atoms with E-state index in [0.29, 0.717) is 11.1 Å². The second-order valence-electron chi connectivity index (χ2n) is 9.19. The third kappa shape index (κ3) is 3.47. The summed E-state index contributed by atoms with van der Waals surface area (Å²) in [6.07, 6.45) is 7.64. The molecule has 28 heavy (non-hydrogen) atoms. The molecule has 148 valence electrons. The van der Waals surface area contributed by atoms with E-state index in [1.807, 2.05) is 38.1 Å². The number of rotatable bonds is 5. The predicted molar refractivity (Wildman–Crippen MR) is 109 cm³/mol. The molecular weight excluding hydrogens is 370 g/mol. The maximum absolute atomic E-state index is 12.9. The van der Waals surface area contributed by atoms with Crippen molar-refractivity contribution in [3.8, 4) is 11.5 Å². The third-order valence-electron chi connectivity index (χ3n) is 6.78. The number of carbonyl (C=O) groups is 1. The Kier molecular flexibility index (Phi) is 4.49. The molecule has 1 heterocycles. The fourth-order valence-electron chi connectivity index (χ4n) is 5.90. The van der Waals surface area contributed by atoms with Crippen molar-refractivity contribution >= 4 is 17.7 Å². The average Bonchev–Trinajstić information content (AvgIpc) is 3.09. The summed E-state index contributed by atoms with van der Waals surface area (Å²) < 4.78 is 5.78. The van der Waals surface area contributed by atoms with Gasteiger partial charge in [0.15, 0.2) is 0 Å². The molecule has 0 saturated heterocycles. The number of nitrogens with one attached hydrogen (secondary N) is 1. The fourth-order valence-corrected chi connectivity index (χ4v) is 6.59. The Labute approximate surface area is 170 Å². The van der Waals surface area contributed by atoms with Gasteiger partial charge in [-0.1, -0.05) is 29.5 Å². The van der Waals surface area contributed by atoms with Gasteiger partial charge in [0, 0.05) is 11.1 Å². The summed E-state index contributed by atoms with van der Waals surface area (Å²) in [6, 6.07) is 7.99. The average molecular weight is 398 g/mol. The normalized spacial score (nSPS) is 31.7. The SMILES string of the molecule is Cc1ccc(-c2nnc(S[C@H](C)C(=O)NC34CC5CC(CC(C5)C3)C4)o2)cc1. The number of nitrogens with zero attached hydrogens (tertiary/aromatic N) is 2. The van der Waals surface area contributed by atoms with Crippen LogP contribution in [0.1, 0.15) is 51.0 Å². The van der Waals surface area contributed by atoms with Gasteiger partial charge in [-0.15, -0.1) is 10.2 Å². The van der Waals surface area contributed by atoms with Gasteiger partial charge in [-0.25, -0.2) is 0 Å². The molecule has 2 aromatic rings. The fraction of sp³-hybridized carbons (Fsp3) is 0.591. The van der Waals surface area contributed by atoms with Gasteiger partial charge < -0.3 is 9.73 Å². The number of hydrogen-bond donors (Lipinski definition) is 1. The third-order valence-corrected chi connectivity index (χ3v) is 7.71. The van der Waals surface area contributed by atoms with E-state index in [4.69, 9.17) is 4.42 Å². The van der Waals surface area contributed by atoms with Gasteiger partial charge in [-0.2, -0.15) is 0 Å². The lowest BCUT2D eigenvalue weighted by Crippen LogP contribution is -2.60. The molecule has 4 aliphatic rings. The molecule has 0 radical (unpaired) electrons. The second kappa shape index (κ2) is 6.90. The Morgan fingerprint density at radius 2 is 1.71 bits per heavy atom. The van der Waals surface area contributed by atoms with Crippen LogP contribution in [0.15, 0.2) is 33.9 Å². The number of thioether (sulfide) groups is 1. The monoisotopic (exact) mass is 397 g/mol. The molecule has 0 unspecified atom stereocenters. The lowest BCUT2D eigenvalue weighted by atomic mass is 9.53. The van der Waals surface area contributed by atoms with E-state index in [9.17, 15) is 4.79 Å². The molecule has 0 aliphatic heterocycles. The first-order chi connectivity index (χ1) is 13.5. The van der Waals surface area contributed by atoms with E-state index < -0.39 is 0 Å². The molecule has 0 spiro atoms. The number of benzene rings is 1. The molecule has 1 aromatic carbocycles. The molecule has 5 nitrogen and oxygen atoms in total. The van der Waals surface area contributed by atoms with Crippen LogP contribution < -0.4 is 5.32 Å². The van der Waals surface area contributed by atoms with E-state index >= 15 is 0 Å². The quantitative estimate of drug-likeness (QED) is 0.746. The van der Waals surface area contributed by atoms with Gasteiger partial charge in [0.25, 0.3) is 5.22 Å². The van der Waals surface area contributed by atoms with E-state index in [2.05, 4.69) is 15.5 Å². The van der Waals surface area contributed by atoms with E-state index in [0.717, 1.165) is 23.3 Å². The standard InChI is InChI=1S/C22H27N3O2S/c1-13-3-5-18(6-4-13)20-24-25-21(27-20)28-14(2)19(26)23-22-10-15-7-16(11-22)9-17(8-15)12-22/h3-6,14-17H,7-12H2,1-2H3,(H,23,26)/t14-,15?,16?,17?,22?/m1/s1. The number of amides is 1. The second-order valence-corrected chi connectivity index (χ2v) is 10.5. The minimum atomic E-state index is -0.251. The summed E-state index contributed by atoms with van der Waals surface area (Å²) in [7, 11) is 0. The van der Waals surface area contributed by atoms with Crippen LogP contribution >= 0.6 is 11.8 Å². The van der Waals surface area contributed by atoms with Crippen molar-refractivity contribution in [3.63, 3.8) is 0 Å². The Hall–Kier alpha value is -1.82. The van der Waals surface area contributed by atoms with Crippen molar-refractivity contribution in [2.45, 2.75) is 68.4 Å². The van der Waals surface area contributed by atoms with Crippen LogP contribution in [0.3, 0.4) is 0 Å². The molecule has 1 amide bonds. The molecule has 4 bridgehead atoms. The first kappa shape index (κ1) is 18.2. The number of aryl methyl sites for hydroxylation is 1. The summed E-state index contributed by atoms with van der Waals surface area (Å²) >= 11 is 1.35. The maximum Gasteiger partial charge on any atom is 0.277 e. The lowest BCUT2D eigenvalue weighted by molar-refractivity contribution is -0.126. The van der Waals surface area contributed by atoms with Crippen LogP contribution in [0.4, 0.5) is 0 Å². The van der Waals surface area contributed by atoms with Crippen molar-refractivity contribution in [3.05, 3.63) is 29.8 Å². The number of aromatic nitrogens is 2. The Balaban J connectivity index is 1.23. The molecule has 1 aromatic heterocycles. The van der Waals surface area contributed by atoms with Crippen molar-refractivity contribution in [2.24, 2.45) is 17.8 Å². The largest absolute Gasteiger partial charge is 0.411 e. The first-order valence-electron chi connectivity index (χ1n) is 10.4. The molecular formula is C22H27N3O2S. The van der Waals surface area contributed by atoms with Crippen molar-refractivity contribution in [1.82, 2.24) is 15.5 Å². The molecule has 1 N–H and O–H groups in total. The Bertz CT molecular complexity index is 841. The number of carbonyl (C=O) groups excluding carboxylic acids is 1. The highest BCUT2D eigenvalue weighted by atomic mass is 32.2. The van der Waals surface area contributed by atoms with Gasteiger partial charge in [0.05, 0.1) is 5.25 Å². The molecule has 6 rings (SSSR count). The van der Waals surface area contributed by atoms with Gasteiger partial charge in [-0.05, 0) is 82.3 Å².